The Labute approximate surface area is 324 Å². The normalized spacial score (nSPS) is 25.4. The highest BCUT2D eigenvalue weighted by Gasteiger charge is 2.44. The van der Waals surface area contributed by atoms with Gasteiger partial charge in [-0.2, -0.15) is 0 Å². The van der Waals surface area contributed by atoms with Crippen LogP contribution in [0.2, 0.25) is 5.02 Å². The first kappa shape index (κ1) is 38.6. The number of amides is 2. The number of allylic oxidation sites excluding steroid dienone is 1. The molecule has 0 unspecified atom stereocenters. The second-order valence-corrected chi connectivity index (χ2v) is 18.4. The fourth-order valence-electron chi connectivity index (χ4n) is 8.90. The van der Waals surface area contributed by atoms with Crippen molar-refractivity contribution in [2.45, 2.75) is 90.1 Å². The van der Waals surface area contributed by atoms with Gasteiger partial charge in [0.25, 0.3) is 11.8 Å². The molecule has 0 radical (unpaired) electrons. The summed E-state index contributed by atoms with van der Waals surface area (Å²) in [6.07, 6.45) is 9.38. The lowest BCUT2D eigenvalue weighted by Gasteiger charge is -2.45. The number of carbonyl (C=O) groups is 2. The second-order valence-electron chi connectivity index (χ2n) is 16.0. The van der Waals surface area contributed by atoms with Crippen LogP contribution in [0.4, 0.5) is 5.69 Å². The highest BCUT2D eigenvalue weighted by atomic mass is 35.5. The van der Waals surface area contributed by atoms with Crippen molar-refractivity contribution in [3.8, 4) is 5.75 Å². The first-order chi connectivity index (χ1) is 25.9. The maximum absolute atomic E-state index is 14.6. The lowest BCUT2D eigenvalue weighted by atomic mass is 9.68. The number of halogens is 1. The van der Waals surface area contributed by atoms with Crippen LogP contribution < -0.4 is 14.4 Å². The van der Waals surface area contributed by atoms with Crippen molar-refractivity contribution in [2.24, 2.45) is 22.1 Å². The molecule has 0 saturated heterocycles. The van der Waals surface area contributed by atoms with Crippen LogP contribution in [-0.2, 0) is 44.4 Å². The van der Waals surface area contributed by atoms with Crippen LogP contribution in [0.25, 0.3) is 0 Å². The van der Waals surface area contributed by atoms with E-state index in [0.717, 1.165) is 55.1 Å². The average Bonchev–Trinajstić information content (AvgIpc) is 3.48. The molecule has 1 N–H and O–H groups in total. The highest BCUT2D eigenvalue weighted by Crippen LogP contribution is 2.47. The summed E-state index contributed by atoms with van der Waals surface area (Å²) >= 11 is 6.47. The molecule has 12 heteroatoms. The maximum atomic E-state index is 14.6. The van der Waals surface area contributed by atoms with Gasteiger partial charge in [-0.3, -0.25) is 14.3 Å². The summed E-state index contributed by atoms with van der Waals surface area (Å²) in [6, 6.07) is 13.3. The lowest BCUT2D eigenvalue weighted by molar-refractivity contribution is -0.00436. The Kier molecular flexibility index (Phi) is 11.3. The second kappa shape index (κ2) is 15.8. The van der Waals surface area contributed by atoms with E-state index in [9.17, 15) is 13.8 Å². The number of methoxy groups -OCH3 is 1. The van der Waals surface area contributed by atoms with Gasteiger partial charge in [-0.25, -0.2) is 4.21 Å². The molecular formula is C42H53ClN4O6S. The van der Waals surface area contributed by atoms with E-state index in [1.807, 2.05) is 36.6 Å². The van der Waals surface area contributed by atoms with Gasteiger partial charge in [0.05, 0.1) is 42.4 Å². The highest BCUT2D eigenvalue weighted by molar-refractivity contribution is 7.92. The molecule has 4 aliphatic rings. The van der Waals surface area contributed by atoms with Crippen molar-refractivity contribution in [1.29, 1.82) is 0 Å². The van der Waals surface area contributed by atoms with Crippen molar-refractivity contribution in [1.82, 2.24) is 9.29 Å². The monoisotopic (exact) mass is 776 g/mol. The lowest BCUT2D eigenvalue weighted by Crippen LogP contribution is -2.49. The van der Waals surface area contributed by atoms with E-state index in [1.165, 1.54) is 11.1 Å². The molecule has 2 aromatic carbocycles. The molecule has 1 fully saturated rings. The van der Waals surface area contributed by atoms with Crippen LogP contribution in [0.1, 0.15) is 90.4 Å². The summed E-state index contributed by atoms with van der Waals surface area (Å²) in [5.74, 6) is 0.200. The molecular weight excluding hydrogens is 724 g/mol. The van der Waals surface area contributed by atoms with Crippen LogP contribution in [0, 0.1) is 17.8 Å². The van der Waals surface area contributed by atoms with Crippen molar-refractivity contribution < 1.29 is 28.0 Å². The van der Waals surface area contributed by atoms with Gasteiger partial charge in [-0.05, 0) is 118 Å². The summed E-state index contributed by atoms with van der Waals surface area (Å²) in [5.41, 5.74) is 4.59. The van der Waals surface area contributed by atoms with Crippen LogP contribution >= 0.6 is 11.6 Å². The third kappa shape index (κ3) is 8.01. The molecule has 0 bridgehead atoms. The average molecular weight is 777 g/mol. The fraction of sp³-hybridized carbons (Fsp3) is 0.524. The third-order valence-corrected chi connectivity index (χ3v) is 14.2. The van der Waals surface area contributed by atoms with Crippen LogP contribution in [0.15, 0.2) is 65.7 Å². The number of benzene rings is 2. The van der Waals surface area contributed by atoms with E-state index in [-0.39, 0.29) is 34.9 Å². The minimum absolute atomic E-state index is 0.00289. The number of nitrogens with zero attached hydrogens (tertiary/aromatic N) is 3. The molecule has 54 heavy (non-hydrogen) atoms. The zero-order valence-corrected chi connectivity index (χ0v) is 33.4. The summed E-state index contributed by atoms with van der Waals surface area (Å²) in [7, 11) is -1.76. The largest absolute Gasteiger partial charge is 0.490 e. The Balaban J connectivity index is 1.22. The molecule has 2 aliphatic carbocycles. The van der Waals surface area contributed by atoms with Gasteiger partial charge in [0.1, 0.15) is 15.7 Å². The zero-order chi connectivity index (χ0) is 38.2. The van der Waals surface area contributed by atoms with Gasteiger partial charge in [0.2, 0.25) is 0 Å². The van der Waals surface area contributed by atoms with Gasteiger partial charge >= 0.3 is 0 Å². The SMILES string of the molecule is C=CC[C@H](C)C[S@](=O)(=NC(=O)c1ccc2c(c1)N(C[C@@H]1CC[C@H]1[C@H](C)OC)C[C@@]1(CCCc3cc(Cl)ccc31)CO2)NC(=O)c1cc2n(c1)C[C@@H](C)OC2. The zero-order valence-electron chi connectivity index (χ0n) is 31.9. The Morgan fingerprint density at radius 3 is 2.78 bits per heavy atom. The minimum atomic E-state index is -3.53. The van der Waals surface area contributed by atoms with E-state index in [4.69, 9.17) is 25.8 Å². The first-order valence-corrected chi connectivity index (χ1v) is 21.3. The Morgan fingerprint density at radius 2 is 2.02 bits per heavy atom. The van der Waals surface area contributed by atoms with Crippen molar-refractivity contribution in [3.05, 3.63) is 94.3 Å². The van der Waals surface area contributed by atoms with Gasteiger partial charge in [0.15, 0.2) is 0 Å². The van der Waals surface area contributed by atoms with Crippen molar-refractivity contribution in [3.63, 3.8) is 0 Å². The molecule has 290 valence electrons. The fourth-order valence-corrected chi connectivity index (χ4v) is 11.0. The Bertz CT molecular complexity index is 2040. The molecule has 7 atom stereocenters. The summed E-state index contributed by atoms with van der Waals surface area (Å²) in [5, 5.41) is 0.738. The molecule has 1 aromatic heterocycles. The predicted molar refractivity (Wildman–Crippen MR) is 213 cm³/mol. The van der Waals surface area contributed by atoms with E-state index < -0.39 is 21.7 Å². The molecule has 2 amide bonds. The van der Waals surface area contributed by atoms with Gasteiger partial charge < -0.3 is 23.7 Å². The number of aryl methyl sites for hydroxylation is 1. The van der Waals surface area contributed by atoms with Gasteiger partial charge in [-0.15, -0.1) is 10.9 Å². The smallest absolute Gasteiger partial charge is 0.286 e. The molecule has 2 aliphatic heterocycles. The number of fused-ring (bicyclic) bond motifs is 4. The molecule has 3 heterocycles. The van der Waals surface area contributed by atoms with E-state index in [2.05, 4.69) is 39.6 Å². The third-order valence-electron chi connectivity index (χ3n) is 12.0. The molecule has 1 saturated carbocycles. The summed E-state index contributed by atoms with van der Waals surface area (Å²) < 4.78 is 41.7. The molecule has 3 aromatic rings. The number of hydrogen-bond donors (Lipinski definition) is 1. The van der Waals surface area contributed by atoms with Gasteiger partial charge in [0, 0.05) is 54.6 Å². The predicted octanol–water partition coefficient (Wildman–Crippen LogP) is 7.76. The summed E-state index contributed by atoms with van der Waals surface area (Å²) in [6.45, 7) is 12.8. The number of ether oxygens (including phenoxy) is 3. The standard InChI is InChI=1S/C42H53ClN4O6S/c1-6-8-27(2)24-54(50,45-41(49)33-18-35-23-52-28(3)20-46(35)22-33)44-40(48)31-11-15-39-38(19-31)47(21-32-10-13-36(32)29(4)51-5)25-42(26-53-39)16-7-9-30-17-34(43)12-14-37(30)42/h6,11-12,14-15,17-19,22,27-29,32,36H,1,7-10,13,16,20-21,23-26H2,2-5H3,(H,44,45,48,49,50)/t27-,28+,29-,32-,36-,42-,54-/m0/s1. The topological polar surface area (TPSA) is 111 Å². The minimum Gasteiger partial charge on any atom is -0.490 e. The molecule has 1 spiro atoms. The molecule has 7 rings (SSSR count). The maximum Gasteiger partial charge on any atom is 0.286 e. The van der Waals surface area contributed by atoms with Crippen molar-refractivity contribution in [2.75, 3.05) is 37.5 Å². The quantitative estimate of drug-likeness (QED) is 0.198. The number of rotatable bonds is 11. The Hall–Kier alpha value is -3.64. The number of anilines is 1. The number of hydrogen-bond acceptors (Lipinski definition) is 7. The Morgan fingerprint density at radius 1 is 1.19 bits per heavy atom. The van der Waals surface area contributed by atoms with Crippen LogP contribution in [0.3, 0.4) is 0 Å². The van der Waals surface area contributed by atoms with Crippen LogP contribution in [0.5, 0.6) is 5.75 Å². The summed E-state index contributed by atoms with van der Waals surface area (Å²) in [4.78, 5) is 30.1. The first-order valence-electron chi connectivity index (χ1n) is 19.3. The number of nitrogens with one attached hydrogen (secondary N) is 1. The van der Waals surface area contributed by atoms with E-state index in [1.54, 1.807) is 31.5 Å². The number of carbonyl (C=O) groups excluding carboxylic acids is 2. The van der Waals surface area contributed by atoms with Gasteiger partial charge in [-0.1, -0.05) is 30.7 Å². The number of aromatic nitrogens is 1. The van der Waals surface area contributed by atoms with Crippen LogP contribution in [-0.4, -0.2) is 65.4 Å². The van der Waals surface area contributed by atoms with E-state index >= 15 is 0 Å². The van der Waals surface area contributed by atoms with Crippen molar-refractivity contribution >= 4 is 39.0 Å². The molecule has 10 nitrogen and oxygen atoms in total. The van der Waals surface area contributed by atoms with E-state index in [0.29, 0.717) is 55.9 Å².